The van der Waals surface area contributed by atoms with Crippen molar-refractivity contribution in [1.82, 2.24) is 9.55 Å². The van der Waals surface area contributed by atoms with E-state index in [9.17, 15) is 10.1 Å². The zero-order valence-electron chi connectivity index (χ0n) is 16.7. The molecular weight excluding hydrogens is 370 g/mol. The topological polar surface area (TPSA) is 79.4 Å². The summed E-state index contributed by atoms with van der Waals surface area (Å²) in [6.07, 6.45) is 6.14. The summed E-state index contributed by atoms with van der Waals surface area (Å²) >= 11 is 0. The second-order valence-electron chi connectivity index (χ2n) is 7.46. The molecule has 0 saturated carbocycles. The van der Waals surface area contributed by atoms with E-state index in [0.29, 0.717) is 12.2 Å². The lowest BCUT2D eigenvalue weighted by Gasteiger charge is -2.30. The van der Waals surface area contributed by atoms with Gasteiger partial charge in [-0.15, -0.1) is 0 Å². The maximum atomic E-state index is 11.3. The van der Waals surface area contributed by atoms with Crippen LogP contribution in [0.1, 0.15) is 28.8 Å². The van der Waals surface area contributed by atoms with Gasteiger partial charge in [-0.25, -0.2) is 4.98 Å². The standard InChI is InChI=1S/C22H23N3O4/c1-24-13-21(23-14-24)22(9-8-15-11-18(28-2)5-6-19(15)22)12-16-10-17(25(26)27)4-7-20(16)29-3/h4-7,10-11,13-14H,8-9,12H2,1-3H3. The van der Waals surface area contributed by atoms with E-state index in [1.54, 1.807) is 32.7 Å². The number of methoxy groups -OCH3 is 2. The Bertz CT molecular complexity index is 1080. The minimum absolute atomic E-state index is 0.0601. The Hall–Kier alpha value is -3.35. The van der Waals surface area contributed by atoms with Crippen molar-refractivity contribution in [3.63, 3.8) is 0 Å². The molecule has 3 aromatic rings. The van der Waals surface area contributed by atoms with Crippen LogP contribution in [0.4, 0.5) is 5.69 Å². The second-order valence-corrected chi connectivity index (χ2v) is 7.46. The SMILES string of the molecule is COc1ccc2c(c1)CCC2(Cc1cc([N+](=O)[O-])ccc1OC)c1cn(C)cn1. The monoisotopic (exact) mass is 393 g/mol. The molecule has 29 heavy (non-hydrogen) atoms. The molecule has 7 heteroatoms. The highest BCUT2D eigenvalue weighted by Gasteiger charge is 2.43. The first kappa shape index (κ1) is 19.0. The maximum absolute atomic E-state index is 11.3. The van der Waals surface area contributed by atoms with Gasteiger partial charge in [-0.3, -0.25) is 10.1 Å². The smallest absolute Gasteiger partial charge is 0.269 e. The lowest BCUT2D eigenvalue weighted by atomic mass is 9.74. The van der Waals surface area contributed by atoms with E-state index in [1.165, 1.54) is 17.2 Å². The number of aryl methyl sites for hydroxylation is 2. The summed E-state index contributed by atoms with van der Waals surface area (Å²) in [7, 11) is 5.20. The normalized spacial score (nSPS) is 17.8. The van der Waals surface area contributed by atoms with Crippen molar-refractivity contribution >= 4 is 5.69 Å². The second kappa shape index (κ2) is 7.24. The van der Waals surface area contributed by atoms with Crippen LogP contribution < -0.4 is 9.47 Å². The summed E-state index contributed by atoms with van der Waals surface area (Å²) in [5.74, 6) is 1.47. The number of fused-ring (bicyclic) bond motifs is 1. The summed E-state index contributed by atoms with van der Waals surface area (Å²) in [5.41, 5.74) is 3.84. The van der Waals surface area contributed by atoms with Gasteiger partial charge in [0.15, 0.2) is 0 Å². The van der Waals surface area contributed by atoms with Gasteiger partial charge in [0.2, 0.25) is 0 Å². The molecule has 4 rings (SSSR count). The first-order valence-corrected chi connectivity index (χ1v) is 9.44. The minimum atomic E-state index is -0.384. The minimum Gasteiger partial charge on any atom is -0.497 e. The van der Waals surface area contributed by atoms with E-state index in [4.69, 9.17) is 9.47 Å². The molecule has 1 aliphatic carbocycles. The van der Waals surface area contributed by atoms with Gasteiger partial charge in [0.25, 0.3) is 5.69 Å². The number of aromatic nitrogens is 2. The predicted octanol–water partition coefficient (Wildman–Crippen LogP) is 3.82. The fraction of sp³-hybridized carbons (Fsp3) is 0.318. The fourth-order valence-electron chi connectivity index (χ4n) is 4.40. The van der Waals surface area contributed by atoms with E-state index >= 15 is 0 Å². The van der Waals surface area contributed by atoms with Crippen LogP contribution >= 0.6 is 0 Å². The van der Waals surface area contributed by atoms with E-state index in [-0.39, 0.29) is 16.0 Å². The molecular formula is C22H23N3O4. The molecule has 1 atom stereocenters. The van der Waals surface area contributed by atoms with Crippen molar-refractivity contribution in [2.75, 3.05) is 14.2 Å². The van der Waals surface area contributed by atoms with Crippen molar-refractivity contribution in [2.45, 2.75) is 24.7 Å². The molecule has 0 radical (unpaired) electrons. The van der Waals surface area contributed by atoms with E-state index in [1.807, 2.05) is 23.9 Å². The third kappa shape index (κ3) is 3.22. The van der Waals surface area contributed by atoms with Crippen molar-refractivity contribution in [3.05, 3.63) is 81.4 Å². The lowest BCUT2D eigenvalue weighted by Crippen LogP contribution is -2.28. The van der Waals surface area contributed by atoms with Crippen molar-refractivity contribution in [2.24, 2.45) is 7.05 Å². The Balaban J connectivity index is 1.87. The van der Waals surface area contributed by atoms with E-state index in [0.717, 1.165) is 29.8 Å². The summed E-state index contributed by atoms with van der Waals surface area (Å²) in [4.78, 5) is 15.7. The molecule has 0 amide bonds. The number of imidazole rings is 1. The number of nitro benzene ring substituents is 1. The molecule has 2 aromatic carbocycles. The predicted molar refractivity (Wildman–Crippen MR) is 109 cm³/mol. The zero-order valence-corrected chi connectivity index (χ0v) is 16.7. The molecule has 0 saturated heterocycles. The number of hydrogen-bond donors (Lipinski definition) is 0. The number of ether oxygens (including phenoxy) is 2. The Morgan fingerprint density at radius 1 is 1.21 bits per heavy atom. The lowest BCUT2D eigenvalue weighted by molar-refractivity contribution is -0.384. The summed E-state index contributed by atoms with van der Waals surface area (Å²) in [6, 6.07) is 10.9. The summed E-state index contributed by atoms with van der Waals surface area (Å²) in [5, 5.41) is 11.3. The molecule has 7 nitrogen and oxygen atoms in total. The molecule has 1 aromatic heterocycles. The highest BCUT2D eigenvalue weighted by atomic mass is 16.6. The quantitative estimate of drug-likeness (QED) is 0.470. The molecule has 0 fully saturated rings. The van der Waals surface area contributed by atoms with E-state index in [2.05, 4.69) is 17.1 Å². The van der Waals surface area contributed by atoms with Crippen LogP contribution in [0, 0.1) is 10.1 Å². The molecule has 0 N–H and O–H groups in total. The van der Waals surface area contributed by atoms with Crippen LogP contribution in [0.5, 0.6) is 11.5 Å². The third-order valence-electron chi connectivity index (χ3n) is 5.81. The Labute approximate surface area is 169 Å². The highest BCUT2D eigenvalue weighted by molar-refractivity contribution is 5.52. The van der Waals surface area contributed by atoms with Gasteiger partial charge in [-0.05, 0) is 48.6 Å². The van der Waals surface area contributed by atoms with Gasteiger partial charge in [0, 0.05) is 36.4 Å². The van der Waals surface area contributed by atoms with Gasteiger partial charge >= 0.3 is 0 Å². The molecule has 1 heterocycles. The molecule has 0 bridgehead atoms. The Morgan fingerprint density at radius 3 is 2.69 bits per heavy atom. The van der Waals surface area contributed by atoms with Gasteiger partial charge in [-0.1, -0.05) is 6.07 Å². The maximum Gasteiger partial charge on any atom is 0.269 e. The molecule has 150 valence electrons. The van der Waals surface area contributed by atoms with Crippen LogP contribution in [0.25, 0.3) is 0 Å². The number of rotatable bonds is 6. The molecule has 0 spiro atoms. The van der Waals surface area contributed by atoms with Crippen LogP contribution in [-0.4, -0.2) is 28.7 Å². The highest BCUT2D eigenvalue weighted by Crippen LogP contribution is 2.48. The van der Waals surface area contributed by atoms with Gasteiger partial charge in [-0.2, -0.15) is 0 Å². The first-order chi connectivity index (χ1) is 14.0. The average molecular weight is 393 g/mol. The van der Waals surface area contributed by atoms with Gasteiger partial charge in [0.1, 0.15) is 11.5 Å². The number of nitrogens with zero attached hydrogens (tertiary/aromatic N) is 3. The number of hydrogen-bond acceptors (Lipinski definition) is 5. The fourth-order valence-corrected chi connectivity index (χ4v) is 4.40. The third-order valence-corrected chi connectivity index (χ3v) is 5.81. The van der Waals surface area contributed by atoms with E-state index < -0.39 is 0 Å². The number of benzene rings is 2. The first-order valence-electron chi connectivity index (χ1n) is 9.44. The van der Waals surface area contributed by atoms with Crippen molar-refractivity contribution in [1.29, 1.82) is 0 Å². The van der Waals surface area contributed by atoms with Crippen molar-refractivity contribution in [3.8, 4) is 11.5 Å². The van der Waals surface area contributed by atoms with Crippen LogP contribution in [0.2, 0.25) is 0 Å². The number of nitro groups is 1. The van der Waals surface area contributed by atoms with Crippen LogP contribution in [-0.2, 0) is 25.3 Å². The average Bonchev–Trinajstić information content (AvgIpc) is 3.32. The Morgan fingerprint density at radius 2 is 2.03 bits per heavy atom. The van der Waals surface area contributed by atoms with Gasteiger partial charge in [0.05, 0.1) is 31.2 Å². The van der Waals surface area contributed by atoms with Gasteiger partial charge < -0.3 is 14.0 Å². The molecule has 1 unspecified atom stereocenters. The largest absolute Gasteiger partial charge is 0.497 e. The molecule has 0 aliphatic heterocycles. The zero-order chi connectivity index (χ0) is 20.6. The van der Waals surface area contributed by atoms with Crippen molar-refractivity contribution < 1.29 is 14.4 Å². The van der Waals surface area contributed by atoms with Crippen LogP contribution in [0.15, 0.2) is 48.9 Å². The summed E-state index contributed by atoms with van der Waals surface area (Å²) < 4.78 is 12.9. The summed E-state index contributed by atoms with van der Waals surface area (Å²) in [6.45, 7) is 0. The van der Waals surface area contributed by atoms with Crippen LogP contribution in [0.3, 0.4) is 0 Å². The number of non-ortho nitro benzene ring substituents is 1. The molecule has 1 aliphatic rings. The Kier molecular flexibility index (Phi) is 4.74.